The fraction of sp³-hybridized carbons (Fsp3) is 0.185. The van der Waals surface area contributed by atoms with Crippen LogP contribution in [0, 0.1) is 20.9 Å². The molecule has 2 amide bonds. The van der Waals surface area contributed by atoms with Crippen molar-refractivity contribution in [1.82, 2.24) is 0 Å². The van der Waals surface area contributed by atoms with Crippen LogP contribution in [0.4, 0.5) is 17.1 Å². The van der Waals surface area contributed by atoms with E-state index in [0.717, 1.165) is 0 Å². The molecule has 3 aromatic rings. The predicted molar refractivity (Wildman–Crippen MR) is 135 cm³/mol. The first-order chi connectivity index (χ1) is 17.4. The molecule has 2 atom stereocenters. The molecule has 1 saturated carbocycles. The number of para-hydroxylation sites is 3. The molecule has 6 rings (SSSR count). The first-order valence-electron chi connectivity index (χ1n) is 11.5. The van der Waals surface area contributed by atoms with Crippen LogP contribution in [-0.2, 0) is 9.59 Å². The van der Waals surface area contributed by atoms with Crippen molar-refractivity contribution in [3.05, 3.63) is 101 Å². The number of fused-ring (bicyclic) bond motifs is 1. The Morgan fingerprint density at radius 3 is 1.58 bits per heavy atom. The molecular formula is C27H21N5O4. The summed E-state index contributed by atoms with van der Waals surface area (Å²) in [4.78, 5) is 40.1. The van der Waals surface area contributed by atoms with E-state index in [1.807, 2.05) is 12.1 Å². The van der Waals surface area contributed by atoms with Crippen molar-refractivity contribution in [2.24, 2.45) is 21.0 Å². The van der Waals surface area contributed by atoms with E-state index < -0.39 is 33.5 Å². The Hall–Kier alpha value is -4.66. The Morgan fingerprint density at radius 1 is 0.722 bits per heavy atom. The van der Waals surface area contributed by atoms with Crippen molar-refractivity contribution in [1.29, 1.82) is 0 Å². The van der Waals surface area contributed by atoms with Gasteiger partial charge in [0, 0.05) is 17.5 Å². The van der Waals surface area contributed by atoms with Gasteiger partial charge in [-0.25, -0.2) is 0 Å². The number of carbonyl (C=O) groups is 2. The lowest BCUT2D eigenvalue weighted by Crippen LogP contribution is -2.40. The summed E-state index contributed by atoms with van der Waals surface area (Å²) in [6.45, 7) is 3.42. The average molecular weight is 479 g/mol. The van der Waals surface area contributed by atoms with E-state index in [1.54, 1.807) is 80.6 Å². The lowest BCUT2D eigenvalue weighted by atomic mass is 9.85. The van der Waals surface area contributed by atoms with Crippen LogP contribution in [0.3, 0.4) is 0 Å². The number of carbonyl (C=O) groups excluding carboxylic acids is 2. The monoisotopic (exact) mass is 479 g/mol. The number of amides is 2. The summed E-state index contributed by atoms with van der Waals surface area (Å²) >= 11 is 0. The van der Waals surface area contributed by atoms with E-state index in [1.165, 1.54) is 16.1 Å². The molecule has 9 nitrogen and oxygen atoms in total. The highest BCUT2D eigenvalue weighted by atomic mass is 16.6. The summed E-state index contributed by atoms with van der Waals surface area (Å²) in [5, 5.41) is 23.8. The topological polar surface area (TPSA) is 108 Å². The summed E-state index contributed by atoms with van der Waals surface area (Å²) in [6.07, 6.45) is 0. The molecule has 0 radical (unpaired) electrons. The van der Waals surface area contributed by atoms with Gasteiger partial charge in [-0.1, -0.05) is 54.6 Å². The number of hydrogen-bond donors (Lipinski definition) is 0. The third kappa shape index (κ3) is 2.49. The van der Waals surface area contributed by atoms with E-state index >= 15 is 0 Å². The quantitative estimate of drug-likeness (QED) is 0.405. The average Bonchev–Trinajstić information content (AvgIpc) is 3.38. The molecule has 0 aromatic heterocycles. The van der Waals surface area contributed by atoms with Crippen LogP contribution in [-0.4, -0.2) is 28.2 Å². The second-order valence-electron chi connectivity index (χ2n) is 9.14. The van der Waals surface area contributed by atoms with Gasteiger partial charge in [-0.05, 0) is 38.1 Å². The zero-order valence-corrected chi connectivity index (χ0v) is 19.5. The highest BCUT2D eigenvalue weighted by Gasteiger charge is 2.91. The van der Waals surface area contributed by atoms with Crippen LogP contribution in [0.5, 0.6) is 0 Å². The lowest BCUT2D eigenvalue weighted by molar-refractivity contribution is -0.385. The molecular weight excluding hydrogens is 458 g/mol. The van der Waals surface area contributed by atoms with Crippen LogP contribution in [0.15, 0.2) is 95.1 Å². The molecule has 9 heteroatoms. The number of nitro groups is 1. The van der Waals surface area contributed by atoms with Crippen LogP contribution in [0.25, 0.3) is 0 Å². The van der Waals surface area contributed by atoms with Gasteiger partial charge < -0.3 is 0 Å². The highest BCUT2D eigenvalue weighted by Crippen LogP contribution is 2.80. The van der Waals surface area contributed by atoms with E-state index in [9.17, 15) is 19.7 Å². The standard InChI is InChI=1S/C27H21N5O4/c1-17-26(24(33)30(28-17)19-11-5-3-6-12-19)23(21-15-9-10-16-22(21)32(35)36)27(26)18(2)29-31(25(27)34)20-13-7-4-8-14-20/h3-16,23H,1-2H3/t26-,27-/m1/s1. The first kappa shape index (κ1) is 21.8. The highest BCUT2D eigenvalue weighted by molar-refractivity contribution is 6.37. The van der Waals surface area contributed by atoms with Gasteiger partial charge in [0.05, 0.1) is 27.7 Å². The molecule has 2 aliphatic heterocycles. The zero-order valence-electron chi connectivity index (χ0n) is 19.5. The van der Waals surface area contributed by atoms with Crippen molar-refractivity contribution in [2.45, 2.75) is 19.8 Å². The summed E-state index contributed by atoms with van der Waals surface area (Å²) in [5.74, 6) is -1.62. The van der Waals surface area contributed by atoms with Gasteiger partial charge in [0.1, 0.15) is 10.8 Å². The maximum absolute atomic E-state index is 14.3. The third-order valence-corrected chi connectivity index (χ3v) is 7.55. The molecule has 0 saturated heterocycles. The SMILES string of the molecule is CC1=NN(c2ccccc2)C(=O)[C@]12C(c1ccccc1[N+](=O)[O-])[C@]21C(=O)N(c2ccccc2)N=C1C. The van der Waals surface area contributed by atoms with Crippen molar-refractivity contribution in [3.63, 3.8) is 0 Å². The Kier molecular flexibility index (Phi) is 4.50. The molecule has 1 aliphatic carbocycles. The molecule has 3 aromatic carbocycles. The molecule has 2 spiro atoms. The Bertz CT molecular complexity index is 1420. The smallest absolute Gasteiger partial charge is 0.271 e. The molecule has 0 unspecified atom stereocenters. The molecule has 0 N–H and O–H groups in total. The molecule has 178 valence electrons. The largest absolute Gasteiger partial charge is 0.272 e. The fourth-order valence-corrected chi connectivity index (χ4v) is 6.09. The van der Waals surface area contributed by atoms with Crippen molar-refractivity contribution in [3.8, 4) is 0 Å². The van der Waals surface area contributed by atoms with E-state index in [4.69, 9.17) is 0 Å². The van der Waals surface area contributed by atoms with Crippen LogP contribution < -0.4 is 10.0 Å². The summed E-state index contributed by atoms with van der Waals surface area (Å²) < 4.78 is 0. The van der Waals surface area contributed by atoms with E-state index in [-0.39, 0.29) is 5.69 Å². The fourth-order valence-electron chi connectivity index (χ4n) is 6.09. The van der Waals surface area contributed by atoms with Crippen molar-refractivity contribution >= 4 is 40.3 Å². The van der Waals surface area contributed by atoms with Gasteiger partial charge in [-0.3, -0.25) is 19.7 Å². The molecule has 36 heavy (non-hydrogen) atoms. The van der Waals surface area contributed by atoms with Gasteiger partial charge in [-0.15, -0.1) is 0 Å². The minimum absolute atomic E-state index is 0.142. The van der Waals surface area contributed by atoms with Gasteiger partial charge >= 0.3 is 0 Å². The number of nitro benzene ring substituents is 1. The Morgan fingerprint density at radius 2 is 1.14 bits per heavy atom. The summed E-state index contributed by atoms with van der Waals surface area (Å²) in [7, 11) is 0. The molecule has 1 fully saturated rings. The summed E-state index contributed by atoms with van der Waals surface area (Å²) in [5.41, 5.74) is -0.708. The third-order valence-electron chi connectivity index (χ3n) is 7.55. The number of hydrogen-bond acceptors (Lipinski definition) is 6. The van der Waals surface area contributed by atoms with Gasteiger partial charge in [0.15, 0.2) is 0 Å². The predicted octanol–water partition coefficient (Wildman–Crippen LogP) is 4.51. The van der Waals surface area contributed by atoms with Gasteiger partial charge in [0.25, 0.3) is 17.5 Å². The number of nitrogens with zero attached hydrogens (tertiary/aromatic N) is 5. The van der Waals surface area contributed by atoms with Crippen molar-refractivity contribution < 1.29 is 14.5 Å². The lowest BCUT2D eigenvalue weighted by Gasteiger charge is -2.18. The number of hydrazone groups is 2. The van der Waals surface area contributed by atoms with Crippen LogP contribution in [0.2, 0.25) is 0 Å². The summed E-state index contributed by atoms with van der Waals surface area (Å²) in [6, 6.07) is 24.2. The van der Waals surface area contributed by atoms with Crippen molar-refractivity contribution in [2.75, 3.05) is 10.0 Å². The normalized spacial score (nSPS) is 26.6. The molecule has 2 heterocycles. The minimum Gasteiger partial charge on any atom is -0.271 e. The zero-order chi connectivity index (χ0) is 25.2. The minimum atomic E-state index is -1.43. The maximum atomic E-state index is 14.3. The van der Waals surface area contributed by atoms with E-state index in [2.05, 4.69) is 10.2 Å². The molecule has 3 aliphatic rings. The number of rotatable bonds is 4. The Labute approximate surface area is 206 Å². The second-order valence-corrected chi connectivity index (χ2v) is 9.14. The number of benzene rings is 3. The second kappa shape index (κ2) is 7.42. The van der Waals surface area contributed by atoms with Crippen LogP contribution in [0.1, 0.15) is 25.3 Å². The van der Waals surface area contributed by atoms with Gasteiger partial charge in [0.2, 0.25) is 0 Å². The van der Waals surface area contributed by atoms with E-state index in [0.29, 0.717) is 28.4 Å². The maximum Gasteiger partial charge on any atom is 0.272 e. The van der Waals surface area contributed by atoms with Crippen LogP contribution >= 0.6 is 0 Å². The number of anilines is 2. The van der Waals surface area contributed by atoms with Gasteiger partial charge in [-0.2, -0.15) is 20.2 Å². The molecule has 0 bridgehead atoms. The Balaban J connectivity index is 1.58. The first-order valence-corrected chi connectivity index (χ1v) is 11.5.